The molecule has 0 heterocycles. The van der Waals surface area contributed by atoms with E-state index in [9.17, 15) is 0 Å². The van der Waals surface area contributed by atoms with Crippen LogP contribution in [0.2, 0.25) is 0 Å². The molecule has 0 aliphatic heterocycles. The summed E-state index contributed by atoms with van der Waals surface area (Å²) in [5, 5.41) is 0. The molecule has 1 aliphatic rings. The average Bonchev–Trinajstić information content (AvgIpc) is 2.68. The van der Waals surface area contributed by atoms with E-state index in [1.165, 1.54) is 27.8 Å². The SMILES string of the molecule is Cc1ccccc1C1=Cc2ccccc2[CH]1[Zr+2].[Cl-].[Cl-]. The second-order valence-electron chi connectivity index (χ2n) is 4.48. The van der Waals surface area contributed by atoms with Crippen LogP contribution >= 0.6 is 0 Å². The van der Waals surface area contributed by atoms with Gasteiger partial charge in [0.25, 0.3) is 0 Å². The number of hydrogen-bond donors (Lipinski definition) is 0. The summed E-state index contributed by atoms with van der Waals surface area (Å²) in [4.78, 5) is 0. The molecule has 1 unspecified atom stereocenters. The largest absolute Gasteiger partial charge is 1.00 e. The molecule has 3 heteroatoms. The van der Waals surface area contributed by atoms with Crippen LogP contribution in [-0.4, -0.2) is 0 Å². The van der Waals surface area contributed by atoms with Crippen molar-refractivity contribution in [2.75, 3.05) is 0 Å². The number of aryl methyl sites for hydroxylation is 1. The molecule has 0 spiro atoms. The van der Waals surface area contributed by atoms with Crippen molar-refractivity contribution in [2.24, 2.45) is 0 Å². The Bertz CT molecular complexity index is 605. The van der Waals surface area contributed by atoms with Crippen LogP contribution in [-0.2, 0) is 24.7 Å². The van der Waals surface area contributed by atoms with Crippen LogP contribution in [0.15, 0.2) is 48.5 Å². The maximum atomic E-state index is 2.36. The van der Waals surface area contributed by atoms with Crippen molar-refractivity contribution < 1.29 is 49.5 Å². The number of allylic oxidation sites excluding steroid dienone is 1. The Morgan fingerprint density at radius 1 is 0.895 bits per heavy atom. The van der Waals surface area contributed by atoms with E-state index in [-0.39, 0.29) is 24.8 Å². The number of rotatable bonds is 1. The Labute approximate surface area is 142 Å². The molecule has 1 atom stereocenters. The van der Waals surface area contributed by atoms with Gasteiger partial charge in [-0.1, -0.05) is 0 Å². The second kappa shape index (κ2) is 6.88. The van der Waals surface area contributed by atoms with Gasteiger partial charge in [-0.3, -0.25) is 0 Å². The summed E-state index contributed by atoms with van der Waals surface area (Å²) in [6.07, 6.45) is 2.36. The molecule has 0 bridgehead atoms. The standard InChI is InChI=1S/C16H13.2ClH.Zr/c1-12-6-2-5-9-16(12)15-10-13-7-3-4-8-14(13)11-15;;;/h2-11H,1H3;2*1H;/q;;;+2/p-2. The molecule has 0 aromatic heterocycles. The first-order valence-corrected chi connectivity index (χ1v) is 7.27. The van der Waals surface area contributed by atoms with E-state index >= 15 is 0 Å². The molecule has 0 nitrogen and oxygen atoms in total. The van der Waals surface area contributed by atoms with E-state index in [0.717, 1.165) is 0 Å². The van der Waals surface area contributed by atoms with E-state index in [2.05, 4.69) is 61.5 Å². The van der Waals surface area contributed by atoms with Crippen LogP contribution in [0.5, 0.6) is 0 Å². The van der Waals surface area contributed by atoms with Gasteiger partial charge in [-0.2, -0.15) is 0 Å². The Hall–Kier alpha value is -0.357. The van der Waals surface area contributed by atoms with E-state index in [4.69, 9.17) is 0 Å². The molecule has 0 fully saturated rings. The maximum Gasteiger partial charge on any atom is -1.00 e. The van der Waals surface area contributed by atoms with Gasteiger partial charge in [0.15, 0.2) is 0 Å². The fourth-order valence-electron chi connectivity index (χ4n) is 2.45. The van der Waals surface area contributed by atoms with E-state index < -0.39 is 0 Å². The average molecular weight is 367 g/mol. The van der Waals surface area contributed by atoms with Gasteiger partial charge in [0, 0.05) is 0 Å². The number of benzene rings is 2. The molecule has 0 saturated heterocycles. The second-order valence-corrected chi connectivity index (χ2v) is 5.90. The molecule has 0 amide bonds. The van der Waals surface area contributed by atoms with Crippen molar-refractivity contribution in [3.63, 3.8) is 0 Å². The Kier molecular flexibility index (Phi) is 6.05. The molecule has 0 N–H and O–H groups in total. The van der Waals surface area contributed by atoms with Crippen molar-refractivity contribution >= 4 is 11.6 Å². The van der Waals surface area contributed by atoms with Gasteiger partial charge in [-0.15, -0.1) is 0 Å². The zero-order chi connectivity index (χ0) is 11.8. The first-order valence-electron chi connectivity index (χ1n) is 5.85. The molecule has 1 aliphatic carbocycles. The summed E-state index contributed by atoms with van der Waals surface area (Å²) in [6.45, 7) is 2.20. The molecule has 2 aromatic carbocycles. The summed E-state index contributed by atoms with van der Waals surface area (Å²) >= 11 is 1.57. The molecular weight excluding hydrogens is 354 g/mol. The number of hydrogen-bond acceptors (Lipinski definition) is 0. The summed E-state index contributed by atoms with van der Waals surface area (Å²) < 4.78 is 0.597. The monoisotopic (exact) mass is 365 g/mol. The zero-order valence-electron chi connectivity index (χ0n) is 10.5. The molecular formula is C16H13Cl2Zr. The van der Waals surface area contributed by atoms with Crippen LogP contribution in [0, 0.1) is 6.92 Å². The summed E-state index contributed by atoms with van der Waals surface area (Å²) in [7, 11) is 0. The maximum absolute atomic E-state index is 2.36. The summed E-state index contributed by atoms with van der Waals surface area (Å²) in [5.41, 5.74) is 7.16. The van der Waals surface area contributed by atoms with E-state index in [0.29, 0.717) is 3.63 Å². The Morgan fingerprint density at radius 2 is 1.53 bits per heavy atom. The van der Waals surface area contributed by atoms with Gasteiger partial charge in [-0.05, 0) is 0 Å². The third kappa shape index (κ3) is 3.05. The fourth-order valence-corrected chi connectivity index (χ4v) is 3.69. The number of fused-ring (bicyclic) bond motifs is 1. The molecule has 0 saturated carbocycles. The van der Waals surface area contributed by atoms with Gasteiger partial charge < -0.3 is 24.8 Å². The minimum atomic E-state index is 0. The van der Waals surface area contributed by atoms with Crippen LogP contribution in [0.25, 0.3) is 11.6 Å². The molecule has 0 radical (unpaired) electrons. The van der Waals surface area contributed by atoms with Crippen LogP contribution in [0.1, 0.15) is 25.9 Å². The van der Waals surface area contributed by atoms with Crippen molar-refractivity contribution in [2.45, 2.75) is 10.5 Å². The van der Waals surface area contributed by atoms with Crippen molar-refractivity contribution in [3.05, 3.63) is 70.8 Å². The van der Waals surface area contributed by atoms with Crippen LogP contribution in [0.3, 0.4) is 0 Å². The predicted molar refractivity (Wildman–Crippen MR) is 68.2 cm³/mol. The first kappa shape index (κ1) is 16.7. The molecule has 19 heavy (non-hydrogen) atoms. The smallest absolute Gasteiger partial charge is 1.00 e. The van der Waals surface area contributed by atoms with Crippen LogP contribution < -0.4 is 24.8 Å². The minimum Gasteiger partial charge on any atom is -1.00 e. The van der Waals surface area contributed by atoms with Gasteiger partial charge in [0.2, 0.25) is 0 Å². The number of halogens is 2. The molecule has 2 aromatic rings. The zero-order valence-corrected chi connectivity index (χ0v) is 14.5. The van der Waals surface area contributed by atoms with Crippen molar-refractivity contribution in [1.29, 1.82) is 0 Å². The van der Waals surface area contributed by atoms with Gasteiger partial charge in [0.05, 0.1) is 0 Å². The predicted octanol–water partition coefficient (Wildman–Crippen LogP) is -1.85. The van der Waals surface area contributed by atoms with Gasteiger partial charge in [0.1, 0.15) is 0 Å². The van der Waals surface area contributed by atoms with Gasteiger partial charge in [-0.25, -0.2) is 0 Å². The molecule has 95 valence electrons. The Morgan fingerprint density at radius 3 is 2.21 bits per heavy atom. The van der Waals surface area contributed by atoms with Crippen molar-refractivity contribution in [3.8, 4) is 0 Å². The summed E-state index contributed by atoms with van der Waals surface area (Å²) in [6, 6.07) is 17.4. The summed E-state index contributed by atoms with van der Waals surface area (Å²) in [5.74, 6) is 0. The van der Waals surface area contributed by atoms with Crippen LogP contribution in [0.4, 0.5) is 0 Å². The first-order chi connectivity index (χ1) is 8.27. The van der Waals surface area contributed by atoms with E-state index in [1.807, 2.05) is 0 Å². The normalized spacial score (nSPS) is 15.9. The van der Waals surface area contributed by atoms with Gasteiger partial charge >= 0.3 is 118 Å². The van der Waals surface area contributed by atoms with E-state index in [1.54, 1.807) is 24.7 Å². The minimum absolute atomic E-state index is 0. The molecule has 3 rings (SSSR count). The fraction of sp³-hybridized carbons (Fsp3) is 0.125. The third-order valence-electron chi connectivity index (χ3n) is 3.39. The Balaban J connectivity index is 0.000000902. The van der Waals surface area contributed by atoms with Crippen molar-refractivity contribution in [1.82, 2.24) is 0 Å². The topological polar surface area (TPSA) is 0 Å². The quantitative estimate of drug-likeness (QED) is 0.555. The third-order valence-corrected chi connectivity index (χ3v) is 4.91.